The van der Waals surface area contributed by atoms with E-state index in [1.54, 1.807) is 0 Å². The highest BCUT2D eigenvalue weighted by Crippen LogP contribution is 2.18. The van der Waals surface area contributed by atoms with Gasteiger partial charge in [-0.25, -0.2) is 0 Å². The summed E-state index contributed by atoms with van der Waals surface area (Å²) >= 11 is 0. The first-order valence-corrected chi connectivity index (χ1v) is 26.4. The van der Waals surface area contributed by atoms with Crippen LogP contribution in [0.3, 0.4) is 0 Å². The van der Waals surface area contributed by atoms with Crippen LogP contribution in [-0.4, -0.2) is 74.3 Å². The first kappa shape index (κ1) is 57.8. The van der Waals surface area contributed by atoms with Crippen molar-refractivity contribution in [1.82, 2.24) is 0 Å². The van der Waals surface area contributed by atoms with Crippen molar-refractivity contribution in [2.75, 3.05) is 39.6 Å². The zero-order valence-corrected chi connectivity index (χ0v) is 39.9. The Hall–Kier alpha value is -0.240. The Morgan fingerprint density at radius 3 is 0.690 bits per heavy atom. The van der Waals surface area contributed by atoms with E-state index >= 15 is 0 Å². The largest absolute Gasteiger partial charge is 0.388 e. The van der Waals surface area contributed by atoms with Crippen LogP contribution in [0.4, 0.5) is 0 Å². The highest BCUT2D eigenvalue weighted by Gasteiger charge is 2.34. The number of rotatable bonds is 51. The summed E-state index contributed by atoms with van der Waals surface area (Å²) in [7, 11) is 0. The molecule has 4 atom stereocenters. The second kappa shape index (κ2) is 49.4. The van der Waals surface area contributed by atoms with Gasteiger partial charge in [0.2, 0.25) is 0 Å². The normalized spacial score (nSPS) is 14.0. The van der Waals surface area contributed by atoms with Gasteiger partial charge >= 0.3 is 0 Å². The van der Waals surface area contributed by atoms with Crippen molar-refractivity contribution in [2.45, 2.75) is 296 Å². The third-order valence-electron chi connectivity index (χ3n) is 12.1. The van der Waals surface area contributed by atoms with E-state index in [0.717, 1.165) is 51.4 Å². The Morgan fingerprint density at radius 1 is 0.259 bits per heavy atom. The average Bonchev–Trinajstić information content (AvgIpc) is 3.23. The number of aliphatic hydroxyl groups excluding tert-OH is 2. The van der Waals surface area contributed by atoms with Crippen LogP contribution in [0, 0.1) is 0 Å². The monoisotopic (exact) mass is 827 g/mol. The lowest BCUT2D eigenvalue weighted by Gasteiger charge is -2.32. The quantitative estimate of drug-likeness (QED) is 0.0595. The molecule has 0 aliphatic carbocycles. The van der Waals surface area contributed by atoms with Crippen molar-refractivity contribution in [3.05, 3.63) is 0 Å². The second-order valence-electron chi connectivity index (χ2n) is 18.0. The van der Waals surface area contributed by atoms with Crippen molar-refractivity contribution < 1.29 is 29.2 Å². The summed E-state index contributed by atoms with van der Waals surface area (Å²) in [6, 6.07) is 0. The third-order valence-corrected chi connectivity index (χ3v) is 12.1. The summed E-state index contributed by atoms with van der Waals surface area (Å²) in [4.78, 5) is 0. The lowest BCUT2D eigenvalue weighted by molar-refractivity contribution is -0.163. The highest BCUT2D eigenvalue weighted by atomic mass is 16.6. The minimum absolute atomic E-state index is 0.283. The molecular weight excluding hydrogens is 721 g/mol. The molecule has 6 heteroatoms. The molecule has 0 saturated carbocycles. The Bertz CT molecular complexity index is 677. The number of hydrogen-bond donors (Lipinski definition) is 2. The van der Waals surface area contributed by atoms with Crippen LogP contribution < -0.4 is 0 Å². The topological polar surface area (TPSA) is 77.4 Å². The minimum Gasteiger partial charge on any atom is -0.388 e. The summed E-state index contributed by atoms with van der Waals surface area (Å²) in [5.74, 6) is 0. The van der Waals surface area contributed by atoms with Gasteiger partial charge in [-0.1, -0.05) is 246 Å². The van der Waals surface area contributed by atoms with E-state index in [2.05, 4.69) is 27.7 Å². The zero-order valence-electron chi connectivity index (χ0n) is 39.9. The van der Waals surface area contributed by atoms with Crippen molar-refractivity contribution in [3.63, 3.8) is 0 Å². The number of unbranched alkanes of at least 4 members (excludes halogenated alkanes) is 34. The summed E-state index contributed by atoms with van der Waals surface area (Å²) in [6.45, 7) is 11.9. The van der Waals surface area contributed by atoms with Gasteiger partial charge in [-0.2, -0.15) is 0 Å². The summed E-state index contributed by atoms with van der Waals surface area (Å²) < 4.78 is 24.5. The summed E-state index contributed by atoms with van der Waals surface area (Å²) in [5, 5.41) is 22.8. The standard InChI is InChI=1S/C52H106O6/c1-5-9-13-15-17-19-21-23-25-27-29-31-33-35-37-41-43-55-47-49(57-45-39-11-7-3)51(53)52(54)50(58-46-40-12-8-4)48-56-44-42-38-36-34-32-30-28-26-24-22-20-18-16-14-10-6-2/h49-54H,5-48H2,1-4H3/t49-,50-,51-,52-/m1/s1. The van der Waals surface area contributed by atoms with E-state index in [1.165, 1.54) is 193 Å². The number of ether oxygens (including phenoxy) is 4. The predicted molar refractivity (Wildman–Crippen MR) is 251 cm³/mol. The van der Waals surface area contributed by atoms with Crippen molar-refractivity contribution >= 4 is 0 Å². The molecule has 0 radical (unpaired) electrons. The van der Waals surface area contributed by atoms with Crippen LogP contribution in [0.25, 0.3) is 0 Å². The fourth-order valence-electron chi connectivity index (χ4n) is 8.01. The van der Waals surface area contributed by atoms with E-state index in [-0.39, 0.29) is 13.2 Å². The smallest absolute Gasteiger partial charge is 0.111 e. The lowest BCUT2D eigenvalue weighted by Crippen LogP contribution is -2.50. The van der Waals surface area contributed by atoms with E-state index in [1.807, 2.05) is 0 Å². The fourth-order valence-corrected chi connectivity index (χ4v) is 8.01. The van der Waals surface area contributed by atoms with Gasteiger partial charge in [-0.3, -0.25) is 0 Å². The van der Waals surface area contributed by atoms with Crippen LogP contribution in [0.15, 0.2) is 0 Å². The van der Waals surface area contributed by atoms with Crippen LogP contribution >= 0.6 is 0 Å². The van der Waals surface area contributed by atoms with Crippen LogP contribution in [0.2, 0.25) is 0 Å². The van der Waals surface area contributed by atoms with Gasteiger partial charge in [0.15, 0.2) is 0 Å². The molecular formula is C52H106O6. The van der Waals surface area contributed by atoms with E-state index in [9.17, 15) is 10.2 Å². The van der Waals surface area contributed by atoms with Gasteiger partial charge in [-0.05, 0) is 25.7 Å². The van der Waals surface area contributed by atoms with Crippen molar-refractivity contribution in [1.29, 1.82) is 0 Å². The highest BCUT2D eigenvalue weighted by molar-refractivity contribution is 4.83. The van der Waals surface area contributed by atoms with Gasteiger partial charge < -0.3 is 29.2 Å². The zero-order chi connectivity index (χ0) is 42.3. The molecule has 58 heavy (non-hydrogen) atoms. The SMILES string of the molecule is CCCCCCCCCCCCCCCCCCOC[C@@H](OCCCCC)[C@@H](O)[C@H](O)[C@@H](COCCCCCCCCCCCCCCCCCC)OCCCCC. The Labute approximate surface area is 363 Å². The molecule has 0 aliphatic heterocycles. The maximum atomic E-state index is 11.4. The molecule has 0 bridgehead atoms. The number of aliphatic hydroxyl groups is 2. The molecule has 350 valence electrons. The van der Waals surface area contributed by atoms with Gasteiger partial charge in [-0.15, -0.1) is 0 Å². The lowest BCUT2D eigenvalue weighted by atomic mass is 10.0. The second-order valence-corrected chi connectivity index (χ2v) is 18.0. The van der Waals surface area contributed by atoms with Crippen LogP contribution in [0.1, 0.15) is 272 Å². The molecule has 0 aromatic carbocycles. The molecule has 0 saturated heterocycles. The first-order valence-electron chi connectivity index (χ1n) is 26.4. The fraction of sp³-hybridized carbons (Fsp3) is 1.00. The molecule has 0 aliphatic rings. The number of hydrogen-bond acceptors (Lipinski definition) is 6. The van der Waals surface area contributed by atoms with Gasteiger partial charge in [0, 0.05) is 26.4 Å². The van der Waals surface area contributed by atoms with E-state index in [0.29, 0.717) is 26.4 Å². The molecule has 0 aromatic heterocycles. The molecule has 0 aromatic rings. The van der Waals surface area contributed by atoms with E-state index in [4.69, 9.17) is 18.9 Å². The van der Waals surface area contributed by atoms with Gasteiger partial charge in [0.1, 0.15) is 24.4 Å². The predicted octanol–water partition coefficient (Wildman–Crippen LogP) is 15.4. The molecule has 6 nitrogen and oxygen atoms in total. The van der Waals surface area contributed by atoms with Gasteiger partial charge in [0.05, 0.1) is 13.2 Å². The van der Waals surface area contributed by atoms with E-state index < -0.39 is 24.4 Å². The molecule has 2 N–H and O–H groups in total. The Kier molecular flexibility index (Phi) is 49.2. The molecule has 0 spiro atoms. The van der Waals surface area contributed by atoms with Crippen LogP contribution in [-0.2, 0) is 18.9 Å². The summed E-state index contributed by atoms with van der Waals surface area (Å²) in [5.41, 5.74) is 0. The molecule has 0 fully saturated rings. The minimum atomic E-state index is -1.09. The molecule has 0 amide bonds. The molecule has 0 heterocycles. The Balaban J connectivity index is 4.35. The van der Waals surface area contributed by atoms with Crippen LogP contribution in [0.5, 0.6) is 0 Å². The third kappa shape index (κ3) is 41.1. The molecule has 0 unspecified atom stereocenters. The van der Waals surface area contributed by atoms with Crippen molar-refractivity contribution in [3.8, 4) is 0 Å². The molecule has 0 rings (SSSR count). The Morgan fingerprint density at radius 2 is 0.448 bits per heavy atom. The summed E-state index contributed by atoms with van der Waals surface area (Å²) in [6.07, 6.45) is 46.1. The van der Waals surface area contributed by atoms with Gasteiger partial charge in [0.25, 0.3) is 0 Å². The van der Waals surface area contributed by atoms with Crippen molar-refractivity contribution in [2.24, 2.45) is 0 Å². The first-order chi connectivity index (χ1) is 28.6. The maximum absolute atomic E-state index is 11.4. The maximum Gasteiger partial charge on any atom is 0.111 e. The average molecular weight is 827 g/mol.